The summed E-state index contributed by atoms with van der Waals surface area (Å²) in [5, 5.41) is 12.4. The Balaban J connectivity index is 1.43. The lowest BCUT2D eigenvalue weighted by Crippen LogP contribution is -2.17. The number of aromatic nitrogens is 3. The molecule has 0 unspecified atom stereocenters. The standard InChI is InChI=1S/C55H55N3O/c1-35-28-43(24-25-44(35)37-20-15-12-16-21-37)58-49-23-17-22-45(50(49)57-52(58)46-33-42(54(5,6)7)34-47(51(46)59)55(8,9)10)39-29-40(31-41(30-39)53(2,3)4)48-32-38(26-27-56-48)36-18-13-11-14-19-36/h11-34,59H,1-10H3/i1D3,11D,13D,14D,18D,19D. The van der Waals surface area contributed by atoms with E-state index in [-0.39, 0.29) is 39.8 Å². The maximum absolute atomic E-state index is 12.4. The summed E-state index contributed by atoms with van der Waals surface area (Å²) < 4.78 is 70.3. The van der Waals surface area contributed by atoms with Crippen LogP contribution >= 0.6 is 0 Å². The zero-order valence-corrected chi connectivity index (χ0v) is 35.3. The molecule has 0 saturated heterocycles. The molecule has 0 atom stereocenters. The average Bonchev–Trinajstić information content (AvgIpc) is 3.66. The van der Waals surface area contributed by atoms with Gasteiger partial charge in [-0.25, -0.2) is 4.98 Å². The molecule has 0 fully saturated rings. The number of aryl methyl sites for hydroxylation is 1. The Kier molecular flexibility index (Phi) is 7.74. The Bertz CT molecular complexity index is 3210. The van der Waals surface area contributed by atoms with Crippen molar-refractivity contribution in [2.45, 2.75) is 85.4 Å². The fourth-order valence-corrected chi connectivity index (χ4v) is 7.63. The van der Waals surface area contributed by atoms with E-state index in [1.807, 2.05) is 77.4 Å². The second kappa shape index (κ2) is 14.8. The summed E-state index contributed by atoms with van der Waals surface area (Å²) >= 11 is 0. The van der Waals surface area contributed by atoms with Crippen molar-refractivity contribution in [1.82, 2.24) is 14.5 Å². The molecular formula is C55H55N3O. The maximum atomic E-state index is 12.4. The molecule has 1 N–H and O–H groups in total. The van der Waals surface area contributed by atoms with Crippen molar-refractivity contribution in [3.8, 4) is 67.5 Å². The summed E-state index contributed by atoms with van der Waals surface area (Å²) in [6.45, 7) is 16.5. The number of rotatable bonds is 6. The summed E-state index contributed by atoms with van der Waals surface area (Å²) in [4.78, 5) is 10.2. The molecule has 0 aliphatic carbocycles. The van der Waals surface area contributed by atoms with Crippen LogP contribution in [0.5, 0.6) is 5.75 Å². The zero-order chi connectivity index (χ0) is 48.7. The smallest absolute Gasteiger partial charge is 0.149 e. The van der Waals surface area contributed by atoms with Crippen molar-refractivity contribution < 1.29 is 16.1 Å². The lowest BCUT2D eigenvalue weighted by atomic mass is 9.79. The van der Waals surface area contributed by atoms with Crippen LogP contribution in [0.15, 0.2) is 146 Å². The fourth-order valence-electron chi connectivity index (χ4n) is 7.63. The second-order valence-corrected chi connectivity index (χ2v) is 18.4. The van der Waals surface area contributed by atoms with Crippen LogP contribution in [0.2, 0.25) is 0 Å². The maximum Gasteiger partial charge on any atom is 0.149 e. The molecule has 0 spiro atoms. The van der Waals surface area contributed by atoms with E-state index in [4.69, 9.17) is 20.9 Å². The van der Waals surface area contributed by atoms with Gasteiger partial charge in [-0.2, -0.15) is 0 Å². The first kappa shape index (κ1) is 30.8. The largest absolute Gasteiger partial charge is 0.507 e. The third-order valence-corrected chi connectivity index (χ3v) is 11.0. The molecule has 6 aromatic carbocycles. The van der Waals surface area contributed by atoms with Crippen LogP contribution in [-0.2, 0) is 16.2 Å². The number of para-hydroxylation sites is 1. The van der Waals surface area contributed by atoms with E-state index < -0.39 is 30.4 Å². The number of benzene rings is 6. The van der Waals surface area contributed by atoms with Gasteiger partial charge in [0.25, 0.3) is 0 Å². The molecule has 0 aliphatic heterocycles. The Morgan fingerprint density at radius 3 is 1.98 bits per heavy atom. The van der Waals surface area contributed by atoms with Gasteiger partial charge in [-0.05, 0) is 116 Å². The SMILES string of the molecule is [2H]c1c([2H])c([2H])c(-c2ccnc(-c3cc(-c4cccc5c4nc(-c4cc(C(C)(C)C)cc(C(C)(C)C)c4O)n5-c4ccc(-c5ccccc5)c(C([2H])([2H])[2H])c4)cc(C(C)(C)C)c3)c2)c([2H])c1[2H]. The van der Waals surface area contributed by atoms with Crippen molar-refractivity contribution in [1.29, 1.82) is 0 Å². The molecule has 0 bridgehead atoms. The molecule has 8 aromatic rings. The lowest BCUT2D eigenvalue weighted by Gasteiger charge is -2.27. The third kappa shape index (κ3) is 7.72. The van der Waals surface area contributed by atoms with Crippen molar-refractivity contribution in [3.63, 3.8) is 0 Å². The van der Waals surface area contributed by atoms with Crippen molar-refractivity contribution >= 4 is 11.0 Å². The molecule has 8 rings (SSSR count). The quantitative estimate of drug-likeness (QED) is 0.183. The first-order valence-electron chi connectivity index (χ1n) is 24.1. The van der Waals surface area contributed by atoms with Gasteiger partial charge in [0.05, 0.1) is 29.1 Å². The highest BCUT2D eigenvalue weighted by Crippen LogP contribution is 2.45. The molecule has 296 valence electrons. The van der Waals surface area contributed by atoms with Crippen LogP contribution in [0.25, 0.3) is 72.7 Å². The minimum absolute atomic E-state index is 0.0940. The topological polar surface area (TPSA) is 50.9 Å². The van der Waals surface area contributed by atoms with E-state index in [2.05, 4.69) is 80.5 Å². The van der Waals surface area contributed by atoms with Gasteiger partial charge in [0.15, 0.2) is 0 Å². The van der Waals surface area contributed by atoms with E-state index in [1.54, 1.807) is 24.4 Å². The van der Waals surface area contributed by atoms with Gasteiger partial charge in [-0.15, -0.1) is 0 Å². The minimum Gasteiger partial charge on any atom is -0.507 e. The van der Waals surface area contributed by atoms with Crippen molar-refractivity contribution in [3.05, 3.63) is 168 Å². The van der Waals surface area contributed by atoms with Crippen LogP contribution in [0.1, 0.15) is 95.5 Å². The molecule has 0 saturated carbocycles. The van der Waals surface area contributed by atoms with Crippen LogP contribution in [0, 0.1) is 6.85 Å². The summed E-state index contributed by atoms with van der Waals surface area (Å²) in [6.07, 6.45) is 1.59. The number of nitrogens with zero attached hydrogens (tertiary/aromatic N) is 3. The lowest BCUT2D eigenvalue weighted by molar-refractivity contribution is 0.446. The van der Waals surface area contributed by atoms with Crippen LogP contribution in [0.4, 0.5) is 0 Å². The average molecular weight is 782 g/mol. The minimum atomic E-state index is -2.46. The van der Waals surface area contributed by atoms with Crippen LogP contribution < -0.4 is 0 Å². The van der Waals surface area contributed by atoms with Gasteiger partial charge >= 0.3 is 0 Å². The van der Waals surface area contributed by atoms with Gasteiger partial charge in [-0.3, -0.25) is 9.55 Å². The summed E-state index contributed by atoms with van der Waals surface area (Å²) in [5.74, 6) is 0.540. The highest BCUT2D eigenvalue weighted by Gasteiger charge is 2.29. The van der Waals surface area contributed by atoms with E-state index >= 15 is 0 Å². The molecule has 4 heteroatoms. The number of hydrogen-bond donors (Lipinski definition) is 1. The predicted molar refractivity (Wildman–Crippen MR) is 249 cm³/mol. The first-order valence-corrected chi connectivity index (χ1v) is 20.1. The Morgan fingerprint density at radius 2 is 1.29 bits per heavy atom. The highest BCUT2D eigenvalue weighted by molar-refractivity contribution is 5.97. The normalized spacial score (nSPS) is 14.5. The number of hydrogen-bond acceptors (Lipinski definition) is 3. The van der Waals surface area contributed by atoms with Crippen LogP contribution in [-0.4, -0.2) is 19.6 Å². The molecule has 0 radical (unpaired) electrons. The number of imidazole rings is 1. The number of fused-ring (bicyclic) bond motifs is 1. The van der Waals surface area contributed by atoms with Gasteiger partial charge in [-0.1, -0.05) is 153 Å². The number of pyridine rings is 1. The Labute approximate surface area is 361 Å². The number of phenolic OH excluding ortho intramolecular Hbond substituents is 1. The Morgan fingerprint density at radius 1 is 0.576 bits per heavy atom. The molecule has 0 aliphatic rings. The van der Waals surface area contributed by atoms with Gasteiger partial charge in [0.1, 0.15) is 11.6 Å². The predicted octanol–water partition coefficient (Wildman–Crippen LogP) is 14.7. The number of phenols is 1. The third-order valence-electron chi connectivity index (χ3n) is 11.0. The molecular weight excluding hydrogens is 719 g/mol. The van der Waals surface area contributed by atoms with Gasteiger partial charge in [0, 0.05) is 32.7 Å². The highest BCUT2D eigenvalue weighted by atomic mass is 16.3. The van der Waals surface area contributed by atoms with Gasteiger partial charge < -0.3 is 5.11 Å². The van der Waals surface area contributed by atoms with E-state index in [0.29, 0.717) is 44.9 Å². The number of aromatic hydroxyl groups is 1. The Hall–Kier alpha value is -6.26. The van der Waals surface area contributed by atoms with E-state index in [9.17, 15) is 5.11 Å². The summed E-state index contributed by atoms with van der Waals surface area (Å²) in [7, 11) is 0. The molecule has 2 aromatic heterocycles. The van der Waals surface area contributed by atoms with E-state index in [0.717, 1.165) is 38.9 Å². The van der Waals surface area contributed by atoms with Crippen molar-refractivity contribution in [2.24, 2.45) is 0 Å². The molecule has 2 heterocycles. The molecule has 0 amide bonds. The van der Waals surface area contributed by atoms with Crippen molar-refractivity contribution in [2.75, 3.05) is 0 Å². The monoisotopic (exact) mass is 781 g/mol. The fraction of sp³-hybridized carbons (Fsp3) is 0.236. The van der Waals surface area contributed by atoms with E-state index in [1.165, 1.54) is 0 Å². The van der Waals surface area contributed by atoms with Crippen LogP contribution in [0.3, 0.4) is 0 Å². The molecule has 59 heavy (non-hydrogen) atoms. The first-order chi connectivity index (χ1) is 31.3. The van der Waals surface area contributed by atoms with Gasteiger partial charge in [0.2, 0.25) is 0 Å². The second-order valence-electron chi connectivity index (χ2n) is 18.4. The zero-order valence-electron chi connectivity index (χ0n) is 43.3. The summed E-state index contributed by atoms with van der Waals surface area (Å²) in [5.41, 5.74) is 9.09. The summed E-state index contributed by atoms with van der Waals surface area (Å²) in [6, 6.07) is 32.7. The molecule has 4 nitrogen and oxygen atoms in total.